The number of amides is 1. The molecule has 0 radical (unpaired) electrons. The number of halogens is 3. The van der Waals surface area contributed by atoms with Crippen LogP contribution >= 0.6 is 11.3 Å². The van der Waals surface area contributed by atoms with E-state index < -0.39 is 29.4 Å². The fourth-order valence-corrected chi connectivity index (χ4v) is 2.96. The Morgan fingerprint density at radius 3 is 2.57 bits per heavy atom. The van der Waals surface area contributed by atoms with Crippen molar-refractivity contribution in [3.63, 3.8) is 0 Å². The minimum Gasteiger partial charge on any atom is -0.322 e. The van der Waals surface area contributed by atoms with E-state index in [0.717, 1.165) is 22.6 Å². The summed E-state index contributed by atoms with van der Waals surface area (Å²) in [7, 11) is 1.77. The molecule has 0 saturated heterocycles. The van der Waals surface area contributed by atoms with Crippen molar-refractivity contribution in [2.75, 3.05) is 12.4 Å². The van der Waals surface area contributed by atoms with Gasteiger partial charge >= 0.3 is 0 Å². The Morgan fingerprint density at radius 1 is 1.26 bits per heavy atom. The molecule has 2 aromatic rings. The molecule has 0 aliphatic heterocycles. The SMILES string of the molecule is Cc1ccsc1CN(C)[C@H](C)C(=O)Nc1ccc(F)c(F)c1F. The summed E-state index contributed by atoms with van der Waals surface area (Å²) in [6, 6.07) is 3.21. The largest absolute Gasteiger partial charge is 0.322 e. The molecule has 124 valence electrons. The molecule has 23 heavy (non-hydrogen) atoms. The van der Waals surface area contributed by atoms with Crippen molar-refractivity contribution in [2.45, 2.75) is 26.4 Å². The number of rotatable bonds is 5. The maximum atomic E-state index is 13.6. The van der Waals surface area contributed by atoms with Gasteiger partial charge in [0.2, 0.25) is 5.91 Å². The van der Waals surface area contributed by atoms with Gasteiger partial charge in [0.1, 0.15) is 0 Å². The van der Waals surface area contributed by atoms with Crippen LogP contribution in [0.4, 0.5) is 18.9 Å². The summed E-state index contributed by atoms with van der Waals surface area (Å²) in [5.74, 6) is -4.79. The molecule has 0 saturated carbocycles. The van der Waals surface area contributed by atoms with E-state index in [2.05, 4.69) is 5.32 Å². The first-order valence-corrected chi connectivity index (χ1v) is 7.86. The Kier molecular flexibility index (Phi) is 5.43. The van der Waals surface area contributed by atoms with E-state index in [-0.39, 0.29) is 5.69 Å². The van der Waals surface area contributed by atoms with Gasteiger partial charge in [0.25, 0.3) is 0 Å². The van der Waals surface area contributed by atoms with Crippen LogP contribution in [0, 0.1) is 24.4 Å². The van der Waals surface area contributed by atoms with Crippen molar-refractivity contribution in [1.29, 1.82) is 0 Å². The average Bonchev–Trinajstić information content (AvgIpc) is 2.92. The highest BCUT2D eigenvalue weighted by atomic mass is 32.1. The van der Waals surface area contributed by atoms with Crippen LogP contribution in [0.2, 0.25) is 0 Å². The molecule has 1 aromatic heterocycles. The van der Waals surface area contributed by atoms with Crippen LogP contribution in [-0.4, -0.2) is 23.9 Å². The highest BCUT2D eigenvalue weighted by Crippen LogP contribution is 2.21. The third-order valence-corrected chi connectivity index (χ3v) is 4.70. The molecule has 0 unspecified atom stereocenters. The number of hydrogen-bond donors (Lipinski definition) is 1. The summed E-state index contributed by atoms with van der Waals surface area (Å²) >= 11 is 1.59. The predicted molar refractivity (Wildman–Crippen MR) is 84.9 cm³/mol. The lowest BCUT2D eigenvalue weighted by molar-refractivity contribution is -0.120. The second kappa shape index (κ2) is 7.14. The molecule has 1 amide bonds. The molecule has 0 fully saturated rings. The van der Waals surface area contributed by atoms with Gasteiger partial charge in [-0.05, 0) is 50.0 Å². The van der Waals surface area contributed by atoms with Crippen LogP contribution in [0.15, 0.2) is 23.6 Å². The van der Waals surface area contributed by atoms with Gasteiger partial charge in [-0.1, -0.05) is 0 Å². The Labute approximate surface area is 136 Å². The fraction of sp³-hybridized carbons (Fsp3) is 0.312. The van der Waals surface area contributed by atoms with Crippen molar-refractivity contribution in [3.8, 4) is 0 Å². The van der Waals surface area contributed by atoms with E-state index >= 15 is 0 Å². The molecule has 0 aliphatic carbocycles. The van der Waals surface area contributed by atoms with E-state index in [0.29, 0.717) is 6.54 Å². The van der Waals surface area contributed by atoms with Gasteiger partial charge in [-0.15, -0.1) is 11.3 Å². The van der Waals surface area contributed by atoms with Crippen molar-refractivity contribution >= 4 is 22.9 Å². The third kappa shape index (κ3) is 3.92. The second-order valence-electron chi connectivity index (χ2n) is 5.33. The molecule has 1 heterocycles. The van der Waals surface area contributed by atoms with Gasteiger partial charge in [0.15, 0.2) is 17.5 Å². The number of thiophene rings is 1. The summed E-state index contributed by atoms with van der Waals surface area (Å²) in [5, 5.41) is 4.27. The van der Waals surface area contributed by atoms with Gasteiger partial charge in [-0.3, -0.25) is 9.69 Å². The molecule has 1 N–H and O–H groups in total. The van der Waals surface area contributed by atoms with Crippen LogP contribution in [-0.2, 0) is 11.3 Å². The molecule has 1 aromatic carbocycles. The first-order valence-electron chi connectivity index (χ1n) is 6.98. The Bertz CT molecular complexity index is 717. The van der Waals surface area contributed by atoms with E-state index in [9.17, 15) is 18.0 Å². The number of carbonyl (C=O) groups excluding carboxylic acids is 1. The van der Waals surface area contributed by atoms with Crippen molar-refractivity contribution in [1.82, 2.24) is 4.90 Å². The lowest BCUT2D eigenvalue weighted by Gasteiger charge is -2.23. The van der Waals surface area contributed by atoms with Gasteiger partial charge in [-0.25, -0.2) is 13.2 Å². The van der Waals surface area contributed by atoms with Crippen molar-refractivity contribution in [3.05, 3.63) is 51.5 Å². The number of anilines is 1. The molecule has 1 atom stereocenters. The number of hydrogen-bond acceptors (Lipinski definition) is 3. The van der Waals surface area contributed by atoms with Crippen LogP contribution in [0.1, 0.15) is 17.4 Å². The lowest BCUT2D eigenvalue weighted by atomic mass is 10.2. The quantitative estimate of drug-likeness (QED) is 0.835. The standard InChI is InChI=1S/C16H17F3N2OS/c1-9-6-7-23-13(9)8-21(3)10(2)16(22)20-12-5-4-11(17)14(18)15(12)19/h4-7,10H,8H2,1-3H3,(H,20,22)/t10-/m1/s1. The van der Waals surface area contributed by atoms with Crippen molar-refractivity contribution < 1.29 is 18.0 Å². The second-order valence-corrected chi connectivity index (χ2v) is 6.33. The highest BCUT2D eigenvalue weighted by Gasteiger charge is 2.22. The number of benzene rings is 1. The zero-order valence-electron chi connectivity index (χ0n) is 13.0. The summed E-state index contributed by atoms with van der Waals surface area (Å²) < 4.78 is 39.7. The molecule has 0 spiro atoms. The van der Waals surface area contributed by atoms with Gasteiger partial charge in [-0.2, -0.15) is 0 Å². The van der Waals surface area contributed by atoms with E-state index in [1.807, 2.05) is 18.4 Å². The summed E-state index contributed by atoms with van der Waals surface area (Å²) in [5.41, 5.74) is 0.766. The van der Waals surface area contributed by atoms with E-state index in [4.69, 9.17) is 0 Å². The number of likely N-dealkylation sites (N-methyl/N-ethyl adjacent to an activating group) is 1. The monoisotopic (exact) mass is 342 g/mol. The maximum absolute atomic E-state index is 13.6. The Morgan fingerprint density at radius 2 is 1.96 bits per heavy atom. The number of aryl methyl sites for hydroxylation is 1. The molecule has 3 nitrogen and oxygen atoms in total. The van der Waals surface area contributed by atoms with E-state index in [1.54, 1.807) is 30.2 Å². The minimum absolute atomic E-state index is 0.374. The minimum atomic E-state index is -1.60. The smallest absolute Gasteiger partial charge is 0.241 e. The summed E-state index contributed by atoms with van der Waals surface area (Å²) in [4.78, 5) is 15.1. The molecule has 0 aliphatic rings. The maximum Gasteiger partial charge on any atom is 0.241 e. The third-order valence-electron chi connectivity index (χ3n) is 3.69. The van der Waals surface area contributed by atoms with Crippen LogP contribution < -0.4 is 5.32 Å². The first-order chi connectivity index (χ1) is 10.8. The van der Waals surface area contributed by atoms with Crippen LogP contribution in [0.3, 0.4) is 0 Å². The zero-order valence-corrected chi connectivity index (χ0v) is 13.8. The number of carbonyl (C=O) groups is 1. The van der Waals surface area contributed by atoms with Crippen molar-refractivity contribution in [2.24, 2.45) is 0 Å². The fourth-order valence-electron chi connectivity index (χ4n) is 1.99. The Hall–Kier alpha value is -1.86. The molecular weight excluding hydrogens is 325 g/mol. The molecule has 2 rings (SSSR count). The lowest BCUT2D eigenvalue weighted by Crippen LogP contribution is -2.39. The normalized spacial score (nSPS) is 12.5. The number of nitrogens with one attached hydrogen (secondary N) is 1. The summed E-state index contributed by atoms with van der Waals surface area (Å²) in [6.07, 6.45) is 0. The summed E-state index contributed by atoms with van der Waals surface area (Å²) in [6.45, 7) is 4.22. The van der Waals surface area contributed by atoms with Gasteiger partial charge in [0, 0.05) is 11.4 Å². The predicted octanol–water partition coefficient (Wildman–Crippen LogP) is 3.93. The molecular formula is C16H17F3N2OS. The van der Waals surface area contributed by atoms with Crippen LogP contribution in [0.5, 0.6) is 0 Å². The highest BCUT2D eigenvalue weighted by molar-refractivity contribution is 7.10. The molecule has 0 bridgehead atoms. The van der Waals surface area contributed by atoms with Gasteiger partial charge < -0.3 is 5.32 Å². The first kappa shape index (κ1) is 17.5. The topological polar surface area (TPSA) is 32.3 Å². The molecule has 7 heteroatoms. The zero-order chi connectivity index (χ0) is 17.1. The van der Waals surface area contributed by atoms with E-state index in [1.165, 1.54) is 0 Å². The van der Waals surface area contributed by atoms with Crippen LogP contribution in [0.25, 0.3) is 0 Å². The average molecular weight is 342 g/mol. The number of nitrogens with zero attached hydrogens (tertiary/aromatic N) is 1. The van der Waals surface area contributed by atoms with Gasteiger partial charge in [0.05, 0.1) is 11.7 Å². The Balaban J connectivity index is 2.05.